The van der Waals surface area contributed by atoms with Crippen LogP contribution in [0.4, 0.5) is 4.39 Å². The van der Waals surface area contributed by atoms with Crippen LogP contribution in [0.1, 0.15) is 17.2 Å². The predicted octanol–water partition coefficient (Wildman–Crippen LogP) is 0.956. The quantitative estimate of drug-likeness (QED) is 0.609. The molecule has 1 saturated heterocycles. The monoisotopic (exact) mass is 432 g/mol. The summed E-state index contributed by atoms with van der Waals surface area (Å²) in [5.74, 6) is -0.171. The fourth-order valence-electron chi connectivity index (χ4n) is 3.50. The number of nitrogens with zero attached hydrogens (tertiary/aromatic N) is 6. The van der Waals surface area contributed by atoms with Gasteiger partial charge in [0.1, 0.15) is 10.7 Å². The number of halogens is 1. The molecule has 1 amide bonds. The molecule has 0 bridgehead atoms. The molecule has 0 atom stereocenters. The highest BCUT2D eigenvalue weighted by molar-refractivity contribution is 7.89. The molecule has 3 aromatic rings. The summed E-state index contributed by atoms with van der Waals surface area (Å²) in [6, 6.07) is 7.16. The lowest BCUT2D eigenvalue weighted by Crippen LogP contribution is -2.51. The van der Waals surface area contributed by atoms with Crippen LogP contribution < -0.4 is 0 Å². The van der Waals surface area contributed by atoms with Crippen molar-refractivity contribution in [1.82, 2.24) is 28.8 Å². The van der Waals surface area contributed by atoms with Gasteiger partial charge in [-0.05, 0) is 32.0 Å². The van der Waals surface area contributed by atoms with E-state index in [1.54, 1.807) is 9.42 Å². The van der Waals surface area contributed by atoms with Gasteiger partial charge >= 0.3 is 0 Å². The zero-order valence-corrected chi connectivity index (χ0v) is 17.4. The van der Waals surface area contributed by atoms with Gasteiger partial charge in [-0.15, -0.1) is 5.10 Å². The van der Waals surface area contributed by atoms with Crippen molar-refractivity contribution in [1.29, 1.82) is 0 Å². The Balaban J connectivity index is 1.42. The predicted molar refractivity (Wildman–Crippen MR) is 106 cm³/mol. The Morgan fingerprint density at radius 3 is 2.50 bits per heavy atom. The lowest BCUT2D eigenvalue weighted by molar-refractivity contribution is -0.131. The second-order valence-electron chi connectivity index (χ2n) is 7.17. The van der Waals surface area contributed by atoms with E-state index in [1.165, 1.54) is 22.5 Å². The summed E-state index contributed by atoms with van der Waals surface area (Å²) >= 11 is 0. The van der Waals surface area contributed by atoms with Gasteiger partial charge in [0.05, 0.1) is 6.42 Å². The molecule has 2 aromatic heterocycles. The van der Waals surface area contributed by atoms with Crippen molar-refractivity contribution >= 4 is 21.7 Å². The van der Waals surface area contributed by atoms with E-state index in [-0.39, 0.29) is 43.4 Å². The normalized spacial score (nSPS) is 15.6. The Morgan fingerprint density at radius 1 is 1.10 bits per heavy atom. The molecule has 0 N–H and O–H groups in total. The highest BCUT2D eigenvalue weighted by Gasteiger charge is 2.32. The lowest BCUT2D eigenvalue weighted by Gasteiger charge is -2.33. The Hall–Kier alpha value is -2.92. The fraction of sp³-hybridized carbons (Fsp3) is 0.368. The van der Waals surface area contributed by atoms with Crippen LogP contribution in [0.3, 0.4) is 0 Å². The SMILES string of the molecule is Cc1cc(C)n2nc(CC(=O)N3CCN(S(=O)(=O)c4ccccc4F)CC3)nc2n1. The smallest absolute Gasteiger partial charge is 0.252 e. The van der Waals surface area contributed by atoms with Crippen LogP contribution in [0, 0.1) is 19.7 Å². The molecule has 1 aliphatic heterocycles. The third-order valence-electron chi connectivity index (χ3n) is 5.02. The molecule has 30 heavy (non-hydrogen) atoms. The van der Waals surface area contributed by atoms with Crippen LogP contribution in [-0.4, -0.2) is 69.3 Å². The van der Waals surface area contributed by atoms with Crippen LogP contribution in [0.25, 0.3) is 5.78 Å². The largest absolute Gasteiger partial charge is 0.340 e. The molecule has 0 radical (unpaired) electrons. The summed E-state index contributed by atoms with van der Waals surface area (Å²) < 4.78 is 42.1. The maximum Gasteiger partial charge on any atom is 0.252 e. The molecule has 4 rings (SSSR count). The second-order valence-corrected chi connectivity index (χ2v) is 9.08. The zero-order valence-electron chi connectivity index (χ0n) is 16.6. The summed E-state index contributed by atoms with van der Waals surface area (Å²) in [5.41, 5.74) is 1.69. The van der Waals surface area contributed by atoms with E-state index in [4.69, 9.17) is 0 Å². The number of hydrogen-bond donors (Lipinski definition) is 0. The molecule has 0 spiro atoms. The maximum absolute atomic E-state index is 13.9. The minimum atomic E-state index is -3.94. The first-order chi connectivity index (χ1) is 14.3. The first kappa shape index (κ1) is 20.4. The van der Waals surface area contributed by atoms with E-state index in [9.17, 15) is 17.6 Å². The first-order valence-electron chi connectivity index (χ1n) is 9.48. The van der Waals surface area contributed by atoms with Crippen molar-refractivity contribution in [2.24, 2.45) is 0 Å². The Bertz CT molecular complexity index is 1220. The molecule has 0 saturated carbocycles. The number of sulfonamides is 1. The number of carbonyl (C=O) groups is 1. The number of carbonyl (C=O) groups excluding carboxylic acids is 1. The Labute approximate surface area is 173 Å². The molecule has 0 aliphatic carbocycles. The molecule has 1 aliphatic rings. The van der Waals surface area contributed by atoms with Crippen molar-refractivity contribution in [2.75, 3.05) is 26.2 Å². The van der Waals surface area contributed by atoms with Crippen LogP contribution in [-0.2, 0) is 21.2 Å². The molecular weight excluding hydrogens is 411 g/mol. The number of benzene rings is 1. The van der Waals surface area contributed by atoms with Gasteiger partial charge in [0.15, 0.2) is 5.82 Å². The van der Waals surface area contributed by atoms with Gasteiger partial charge in [0.2, 0.25) is 15.9 Å². The minimum Gasteiger partial charge on any atom is -0.340 e. The Kier molecular flexibility index (Phi) is 5.24. The number of fused-ring (bicyclic) bond motifs is 1. The van der Waals surface area contributed by atoms with Crippen molar-refractivity contribution in [3.05, 3.63) is 53.4 Å². The third-order valence-corrected chi connectivity index (χ3v) is 6.95. The van der Waals surface area contributed by atoms with Crippen LogP contribution in [0.2, 0.25) is 0 Å². The first-order valence-corrected chi connectivity index (χ1v) is 10.9. The van der Waals surface area contributed by atoms with Gasteiger partial charge in [0.25, 0.3) is 5.78 Å². The van der Waals surface area contributed by atoms with Gasteiger partial charge in [-0.1, -0.05) is 12.1 Å². The molecule has 1 aromatic carbocycles. The van der Waals surface area contributed by atoms with E-state index in [0.29, 0.717) is 11.6 Å². The highest BCUT2D eigenvalue weighted by atomic mass is 32.2. The van der Waals surface area contributed by atoms with Crippen molar-refractivity contribution in [3.63, 3.8) is 0 Å². The molecule has 9 nitrogen and oxygen atoms in total. The van der Waals surface area contributed by atoms with E-state index in [0.717, 1.165) is 17.5 Å². The van der Waals surface area contributed by atoms with E-state index >= 15 is 0 Å². The summed E-state index contributed by atoms with van der Waals surface area (Å²) in [6.07, 6.45) is 0.00190. The number of rotatable bonds is 4. The number of hydrogen-bond acceptors (Lipinski definition) is 6. The summed E-state index contributed by atoms with van der Waals surface area (Å²) in [7, 11) is -3.94. The van der Waals surface area contributed by atoms with Gasteiger partial charge in [-0.2, -0.15) is 9.29 Å². The summed E-state index contributed by atoms with van der Waals surface area (Å²) in [6.45, 7) is 4.38. The number of aryl methyl sites for hydroxylation is 2. The fourth-order valence-corrected chi connectivity index (χ4v) is 4.99. The third kappa shape index (κ3) is 3.77. The van der Waals surface area contributed by atoms with E-state index in [1.807, 2.05) is 19.9 Å². The van der Waals surface area contributed by atoms with Gasteiger partial charge in [0, 0.05) is 37.6 Å². The maximum atomic E-state index is 13.9. The van der Waals surface area contributed by atoms with Gasteiger partial charge in [-0.3, -0.25) is 4.79 Å². The van der Waals surface area contributed by atoms with Crippen molar-refractivity contribution in [2.45, 2.75) is 25.2 Å². The molecular formula is C19H21FN6O3S. The topological polar surface area (TPSA) is 101 Å². The summed E-state index contributed by atoms with van der Waals surface area (Å²) in [4.78, 5) is 22.5. The molecule has 3 heterocycles. The molecule has 11 heteroatoms. The summed E-state index contributed by atoms with van der Waals surface area (Å²) in [5, 5.41) is 4.34. The van der Waals surface area contributed by atoms with Gasteiger partial charge in [-0.25, -0.2) is 22.3 Å². The molecule has 1 fully saturated rings. The molecule has 0 unspecified atom stereocenters. The average Bonchev–Trinajstić information content (AvgIpc) is 3.11. The molecule has 158 valence electrons. The van der Waals surface area contributed by atoms with E-state index in [2.05, 4.69) is 15.1 Å². The number of piperazine rings is 1. The van der Waals surface area contributed by atoms with Crippen molar-refractivity contribution < 1.29 is 17.6 Å². The minimum absolute atomic E-state index is 0.00190. The van der Waals surface area contributed by atoms with Crippen molar-refractivity contribution in [3.8, 4) is 0 Å². The second kappa shape index (κ2) is 7.73. The van der Waals surface area contributed by atoms with Crippen LogP contribution in [0.5, 0.6) is 0 Å². The number of amides is 1. The zero-order chi connectivity index (χ0) is 21.5. The van der Waals surface area contributed by atoms with Crippen LogP contribution in [0.15, 0.2) is 35.2 Å². The average molecular weight is 432 g/mol. The Morgan fingerprint density at radius 2 is 1.80 bits per heavy atom. The number of aromatic nitrogens is 4. The van der Waals surface area contributed by atoms with E-state index < -0.39 is 15.8 Å². The lowest BCUT2D eigenvalue weighted by atomic mass is 10.3. The standard InChI is InChI=1S/C19H21FN6O3S/c1-13-11-14(2)26-19(21-13)22-17(23-26)12-18(27)24-7-9-25(10-8-24)30(28,29)16-6-4-3-5-15(16)20/h3-6,11H,7-10,12H2,1-2H3. The van der Waals surface area contributed by atoms with Crippen LogP contribution >= 0.6 is 0 Å². The van der Waals surface area contributed by atoms with Gasteiger partial charge < -0.3 is 4.90 Å². The highest BCUT2D eigenvalue weighted by Crippen LogP contribution is 2.20.